The van der Waals surface area contributed by atoms with E-state index in [-0.39, 0.29) is 17.7 Å². The van der Waals surface area contributed by atoms with Crippen molar-refractivity contribution in [2.75, 3.05) is 27.4 Å². The standard InChI is InChI=1S/C24H34N2O5/c1-16(2)20(23(29)31-4)25-21(27)19-17-10-6-7-11-18(17)22(28)26(14-15-30-3)24(19)12-8-5-9-13-24/h6-7,10-11,16,19-20H,5,8-9,12-15H2,1-4H3,(H,25,27)/t19-,20+/m1/s1. The Hall–Kier alpha value is -2.41. The van der Waals surface area contributed by atoms with E-state index in [1.54, 1.807) is 13.2 Å². The first-order chi connectivity index (χ1) is 14.9. The van der Waals surface area contributed by atoms with Gasteiger partial charge >= 0.3 is 5.97 Å². The number of nitrogens with one attached hydrogen (secondary N) is 1. The maximum Gasteiger partial charge on any atom is 0.328 e. The van der Waals surface area contributed by atoms with Crippen LogP contribution in [0.2, 0.25) is 0 Å². The molecule has 1 fully saturated rings. The monoisotopic (exact) mass is 430 g/mol. The number of rotatable bonds is 7. The number of benzene rings is 1. The van der Waals surface area contributed by atoms with Gasteiger partial charge in [0.15, 0.2) is 0 Å². The lowest BCUT2D eigenvalue weighted by Crippen LogP contribution is -2.64. The second-order valence-corrected chi connectivity index (χ2v) is 8.89. The van der Waals surface area contributed by atoms with Crippen LogP contribution < -0.4 is 5.32 Å². The van der Waals surface area contributed by atoms with Crippen LogP contribution in [0.5, 0.6) is 0 Å². The van der Waals surface area contributed by atoms with Gasteiger partial charge in [0.25, 0.3) is 5.91 Å². The SMILES string of the molecule is COCCN1C(=O)c2ccccc2[C@H](C(=O)N[C@H](C(=O)OC)C(C)C)C12CCCCC2. The van der Waals surface area contributed by atoms with Gasteiger partial charge < -0.3 is 19.7 Å². The number of nitrogens with zero attached hydrogens (tertiary/aromatic N) is 1. The molecule has 1 aromatic carbocycles. The van der Waals surface area contributed by atoms with E-state index in [2.05, 4.69) is 5.32 Å². The van der Waals surface area contributed by atoms with Crippen molar-refractivity contribution in [3.63, 3.8) is 0 Å². The fourth-order valence-electron chi connectivity index (χ4n) is 5.21. The Labute approximate surface area is 184 Å². The van der Waals surface area contributed by atoms with E-state index in [0.717, 1.165) is 37.7 Å². The second kappa shape index (κ2) is 9.81. The second-order valence-electron chi connectivity index (χ2n) is 8.89. The summed E-state index contributed by atoms with van der Waals surface area (Å²) in [7, 11) is 2.94. The Morgan fingerprint density at radius 2 is 1.84 bits per heavy atom. The zero-order valence-corrected chi connectivity index (χ0v) is 19.0. The molecule has 7 nitrogen and oxygen atoms in total. The molecule has 0 radical (unpaired) electrons. The maximum atomic E-state index is 13.8. The fourth-order valence-corrected chi connectivity index (χ4v) is 5.21. The molecule has 2 amide bonds. The largest absolute Gasteiger partial charge is 0.467 e. The van der Waals surface area contributed by atoms with E-state index in [0.29, 0.717) is 18.7 Å². The summed E-state index contributed by atoms with van der Waals surface area (Å²) < 4.78 is 10.2. The van der Waals surface area contributed by atoms with Gasteiger partial charge in [-0.25, -0.2) is 4.79 Å². The fraction of sp³-hybridized carbons (Fsp3) is 0.625. The predicted molar refractivity (Wildman–Crippen MR) is 117 cm³/mol. The van der Waals surface area contributed by atoms with Crippen molar-refractivity contribution in [2.24, 2.45) is 5.92 Å². The Morgan fingerprint density at radius 3 is 2.45 bits per heavy atom. The number of hydrogen-bond donors (Lipinski definition) is 1. The van der Waals surface area contributed by atoms with Crippen molar-refractivity contribution in [3.8, 4) is 0 Å². The number of esters is 1. The number of hydrogen-bond acceptors (Lipinski definition) is 5. The first kappa shape index (κ1) is 23.3. The Morgan fingerprint density at radius 1 is 1.16 bits per heavy atom. The molecule has 1 aliphatic heterocycles. The van der Waals surface area contributed by atoms with Crippen molar-refractivity contribution in [1.82, 2.24) is 10.2 Å². The van der Waals surface area contributed by atoms with Gasteiger partial charge in [0.2, 0.25) is 5.91 Å². The summed E-state index contributed by atoms with van der Waals surface area (Å²) in [6.45, 7) is 4.59. The van der Waals surface area contributed by atoms with Crippen molar-refractivity contribution in [1.29, 1.82) is 0 Å². The molecule has 1 aliphatic carbocycles. The summed E-state index contributed by atoms with van der Waals surface area (Å²) in [4.78, 5) is 41.5. The minimum atomic E-state index is -0.740. The number of carbonyl (C=O) groups is 3. The molecule has 31 heavy (non-hydrogen) atoms. The molecular formula is C24H34N2O5. The van der Waals surface area contributed by atoms with Crippen LogP contribution in [-0.4, -0.2) is 61.6 Å². The van der Waals surface area contributed by atoms with Crippen LogP contribution in [0.15, 0.2) is 24.3 Å². The minimum absolute atomic E-state index is 0.0491. The van der Waals surface area contributed by atoms with Crippen LogP contribution in [0, 0.1) is 5.92 Å². The summed E-state index contributed by atoms with van der Waals surface area (Å²) in [5.74, 6) is -1.41. The van der Waals surface area contributed by atoms with E-state index >= 15 is 0 Å². The van der Waals surface area contributed by atoms with Gasteiger partial charge in [-0.3, -0.25) is 9.59 Å². The highest BCUT2D eigenvalue weighted by Gasteiger charge is 2.54. The number of fused-ring (bicyclic) bond motifs is 1. The lowest BCUT2D eigenvalue weighted by molar-refractivity contribution is -0.147. The number of carbonyl (C=O) groups excluding carboxylic acids is 3. The van der Waals surface area contributed by atoms with Crippen LogP contribution in [0.25, 0.3) is 0 Å². The molecule has 0 unspecified atom stereocenters. The minimum Gasteiger partial charge on any atom is -0.467 e. The van der Waals surface area contributed by atoms with Crippen molar-refractivity contribution >= 4 is 17.8 Å². The third kappa shape index (κ3) is 4.33. The Bertz CT molecular complexity index is 816. The molecule has 1 saturated carbocycles. The van der Waals surface area contributed by atoms with Gasteiger partial charge in [0, 0.05) is 19.2 Å². The van der Waals surface area contributed by atoms with Gasteiger partial charge in [0.05, 0.1) is 25.2 Å². The van der Waals surface area contributed by atoms with E-state index in [1.165, 1.54) is 7.11 Å². The molecule has 7 heteroatoms. The zero-order valence-electron chi connectivity index (χ0n) is 19.0. The van der Waals surface area contributed by atoms with E-state index in [4.69, 9.17) is 9.47 Å². The number of ether oxygens (including phenoxy) is 2. The molecule has 1 spiro atoms. The Kier molecular flexibility index (Phi) is 7.36. The summed E-state index contributed by atoms with van der Waals surface area (Å²) >= 11 is 0. The molecule has 1 heterocycles. The molecule has 2 aliphatic rings. The van der Waals surface area contributed by atoms with Gasteiger partial charge in [0.1, 0.15) is 6.04 Å². The quantitative estimate of drug-likeness (QED) is 0.673. The molecule has 0 saturated heterocycles. The predicted octanol–water partition coefficient (Wildman–Crippen LogP) is 2.89. The highest BCUT2D eigenvalue weighted by molar-refractivity contribution is 6.02. The zero-order chi connectivity index (χ0) is 22.6. The van der Waals surface area contributed by atoms with Crippen molar-refractivity contribution in [2.45, 2.75) is 63.5 Å². The van der Waals surface area contributed by atoms with Gasteiger partial charge in [-0.15, -0.1) is 0 Å². The Balaban J connectivity index is 2.09. The first-order valence-corrected chi connectivity index (χ1v) is 11.2. The van der Waals surface area contributed by atoms with E-state index in [1.807, 2.05) is 36.9 Å². The first-order valence-electron chi connectivity index (χ1n) is 11.2. The van der Waals surface area contributed by atoms with Crippen LogP contribution in [0.1, 0.15) is 67.8 Å². The molecule has 1 N–H and O–H groups in total. The lowest BCUT2D eigenvalue weighted by Gasteiger charge is -2.53. The smallest absolute Gasteiger partial charge is 0.328 e. The van der Waals surface area contributed by atoms with Crippen LogP contribution in [0.3, 0.4) is 0 Å². The highest BCUT2D eigenvalue weighted by Crippen LogP contribution is 2.49. The van der Waals surface area contributed by atoms with Crippen LogP contribution >= 0.6 is 0 Å². The third-order valence-corrected chi connectivity index (χ3v) is 6.74. The third-order valence-electron chi connectivity index (χ3n) is 6.74. The lowest BCUT2D eigenvalue weighted by atomic mass is 9.65. The van der Waals surface area contributed by atoms with E-state index in [9.17, 15) is 14.4 Å². The van der Waals surface area contributed by atoms with Gasteiger partial charge in [-0.05, 0) is 30.4 Å². The van der Waals surface area contributed by atoms with Crippen LogP contribution in [0.4, 0.5) is 0 Å². The maximum absolute atomic E-state index is 13.8. The molecule has 3 rings (SSSR count). The summed E-state index contributed by atoms with van der Waals surface area (Å²) in [5, 5.41) is 2.96. The molecule has 2 atom stereocenters. The van der Waals surface area contributed by atoms with Crippen molar-refractivity contribution < 1.29 is 23.9 Å². The highest BCUT2D eigenvalue weighted by atomic mass is 16.5. The number of amides is 2. The van der Waals surface area contributed by atoms with Gasteiger partial charge in [-0.1, -0.05) is 51.3 Å². The molecule has 170 valence electrons. The van der Waals surface area contributed by atoms with Crippen LogP contribution in [-0.2, 0) is 19.1 Å². The molecular weight excluding hydrogens is 396 g/mol. The van der Waals surface area contributed by atoms with Crippen molar-refractivity contribution in [3.05, 3.63) is 35.4 Å². The summed E-state index contributed by atoms with van der Waals surface area (Å²) in [5.41, 5.74) is 0.672. The average molecular weight is 431 g/mol. The average Bonchev–Trinajstić information content (AvgIpc) is 2.77. The molecule has 0 bridgehead atoms. The van der Waals surface area contributed by atoms with Gasteiger partial charge in [-0.2, -0.15) is 0 Å². The van der Waals surface area contributed by atoms with E-state index < -0.39 is 23.5 Å². The number of methoxy groups -OCH3 is 2. The normalized spacial score (nSPS) is 21.0. The molecule has 0 aromatic heterocycles. The molecule has 1 aromatic rings. The summed E-state index contributed by atoms with van der Waals surface area (Å²) in [6.07, 6.45) is 4.49. The summed E-state index contributed by atoms with van der Waals surface area (Å²) in [6, 6.07) is 6.62. The topological polar surface area (TPSA) is 84.9 Å².